The highest BCUT2D eigenvalue weighted by Gasteiger charge is 2.04. The average Bonchev–Trinajstić information content (AvgIpc) is 2.17. The van der Waals surface area contributed by atoms with Crippen LogP contribution in [0.25, 0.3) is 5.82 Å². The largest absolute Gasteiger partial charge is 0.353 e. The van der Waals surface area contributed by atoms with Gasteiger partial charge in [0.15, 0.2) is 0 Å². The molecule has 1 aromatic rings. The Labute approximate surface area is 89.0 Å². The maximum atomic E-state index is 11.6. The van der Waals surface area contributed by atoms with Crippen LogP contribution in [-0.2, 0) is 0 Å². The highest BCUT2D eigenvalue weighted by molar-refractivity contribution is 5.62. The van der Waals surface area contributed by atoms with Crippen LogP contribution in [0.4, 0.5) is 0 Å². The minimum absolute atomic E-state index is 0.246. The van der Waals surface area contributed by atoms with Crippen LogP contribution in [0.2, 0.25) is 0 Å². The van der Waals surface area contributed by atoms with Gasteiger partial charge in [0.05, 0.1) is 5.69 Å². The van der Waals surface area contributed by atoms with Gasteiger partial charge in [0.25, 0.3) is 0 Å². The maximum absolute atomic E-state index is 11.6. The van der Waals surface area contributed by atoms with Crippen molar-refractivity contribution in [2.24, 2.45) is 4.99 Å². The molecule has 80 valence electrons. The van der Waals surface area contributed by atoms with E-state index in [4.69, 9.17) is 0 Å². The predicted molar refractivity (Wildman–Crippen MR) is 62.1 cm³/mol. The smallest absolute Gasteiger partial charge is 0.252 e. The predicted octanol–water partition coefficient (Wildman–Crippen LogP) is 1.89. The van der Waals surface area contributed by atoms with Crippen LogP contribution in [-0.4, -0.2) is 15.8 Å². The van der Waals surface area contributed by atoms with Crippen molar-refractivity contribution in [3.8, 4) is 0 Å². The van der Waals surface area contributed by atoms with Gasteiger partial charge in [-0.3, -0.25) is 4.57 Å². The summed E-state index contributed by atoms with van der Waals surface area (Å²) in [6.45, 7) is 9.43. The van der Waals surface area contributed by atoms with Crippen molar-refractivity contribution in [1.82, 2.24) is 9.55 Å². The number of hydrogen-bond acceptors (Lipinski definition) is 3. The Balaban J connectivity index is 3.14. The summed E-state index contributed by atoms with van der Waals surface area (Å²) in [5.41, 5.74) is 0.446. The average molecular weight is 205 g/mol. The van der Waals surface area contributed by atoms with E-state index in [1.807, 2.05) is 19.9 Å². The van der Waals surface area contributed by atoms with E-state index in [-0.39, 0.29) is 11.6 Å². The van der Waals surface area contributed by atoms with Crippen molar-refractivity contribution in [1.29, 1.82) is 0 Å². The molecule has 0 amide bonds. The molecule has 1 heterocycles. The molecule has 0 bridgehead atoms. The van der Waals surface area contributed by atoms with E-state index in [1.165, 1.54) is 4.57 Å². The highest BCUT2D eigenvalue weighted by Crippen LogP contribution is 2.08. The molecule has 1 rings (SSSR count). The van der Waals surface area contributed by atoms with Gasteiger partial charge in [-0.15, -0.1) is 0 Å². The van der Waals surface area contributed by atoms with Crippen molar-refractivity contribution in [3.05, 3.63) is 35.0 Å². The zero-order valence-corrected chi connectivity index (χ0v) is 9.27. The first-order valence-corrected chi connectivity index (χ1v) is 4.83. The second-order valence-electron chi connectivity index (χ2n) is 3.46. The number of aliphatic imine (C=N–C) groups is 1. The van der Waals surface area contributed by atoms with Crippen molar-refractivity contribution in [2.45, 2.75) is 26.7 Å². The molecule has 0 aliphatic rings. The molecule has 0 saturated carbocycles. The minimum Gasteiger partial charge on any atom is -0.252 e. The molecule has 1 aromatic heterocycles. The molecule has 15 heavy (non-hydrogen) atoms. The van der Waals surface area contributed by atoms with Crippen LogP contribution in [0.5, 0.6) is 0 Å². The SMILES string of the molecule is C=C(/N=C/C)n1ccc(C(C)C)nc1=O. The summed E-state index contributed by atoms with van der Waals surface area (Å²) in [7, 11) is 0. The summed E-state index contributed by atoms with van der Waals surface area (Å²) < 4.78 is 1.33. The van der Waals surface area contributed by atoms with Gasteiger partial charge in [0.1, 0.15) is 5.82 Å². The second kappa shape index (κ2) is 4.68. The topological polar surface area (TPSA) is 47.2 Å². The van der Waals surface area contributed by atoms with Crippen LogP contribution in [0, 0.1) is 0 Å². The molecule has 0 radical (unpaired) electrons. The van der Waals surface area contributed by atoms with E-state index in [2.05, 4.69) is 16.6 Å². The molecular formula is C11H15N3O. The van der Waals surface area contributed by atoms with Crippen LogP contribution < -0.4 is 5.69 Å². The number of aromatic nitrogens is 2. The van der Waals surface area contributed by atoms with E-state index in [0.29, 0.717) is 5.82 Å². The van der Waals surface area contributed by atoms with Crippen molar-refractivity contribution >= 4 is 12.0 Å². The van der Waals surface area contributed by atoms with Gasteiger partial charge in [0.2, 0.25) is 0 Å². The number of rotatable bonds is 3. The molecule has 0 aromatic carbocycles. The Morgan fingerprint density at radius 2 is 2.33 bits per heavy atom. The molecule has 0 N–H and O–H groups in total. The van der Waals surface area contributed by atoms with E-state index in [9.17, 15) is 4.79 Å². The summed E-state index contributed by atoms with van der Waals surface area (Å²) >= 11 is 0. The van der Waals surface area contributed by atoms with Gasteiger partial charge in [0, 0.05) is 12.4 Å². The first-order valence-electron chi connectivity index (χ1n) is 4.83. The number of nitrogens with zero attached hydrogens (tertiary/aromatic N) is 3. The Kier molecular flexibility index (Phi) is 3.55. The normalized spacial score (nSPS) is 11.2. The van der Waals surface area contributed by atoms with Gasteiger partial charge in [-0.1, -0.05) is 20.4 Å². The lowest BCUT2D eigenvalue weighted by molar-refractivity contribution is 0.781. The zero-order chi connectivity index (χ0) is 11.4. The molecular weight excluding hydrogens is 190 g/mol. The van der Waals surface area contributed by atoms with Gasteiger partial charge in [-0.2, -0.15) is 4.98 Å². The lowest BCUT2D eigenvalue weighted by Crippen LogP contribution is -2.22. The summed E-state index contributed by atoms with van der Waals surface area (Å²) in [4.78, 5) is 19.5. The molecule has 0 spiro atoms. The summed E-state index contributed by atoms with van der Waals surface area (Å²) in [6.07, 6.45) is 3.24. The summed E-state index contributed by atoms with van der Waals surface area (Å²) in [6, 6.07) is 1.81. The third-order valence-corrected chi connectivity index (χ3v) is 1.97. The Bertz CT molecular complexity index is 443. The molecule has 0 unspecified atom stereocenters. The van der Waals surface area contributed by atoms with Crippen molar-refractivity contribution in [2.75, 3.05) is 0 Å². The minimum atomic E-state index is -0.336. The fourth-order valence-electron chi connectivity index (χ4n) is 1.15. The number of hydrogen-bond donors (Lipinski definition) is 0. The Morgan fingerprint density at radius 3 is 2.80 bits per heavy atom. The third kappa shape index (κ3) is 2.62. The lowest BCUT2D eigenvalue weighted by atomic mass is 10.1. The van der Waals surface area contributed by atoms with Gasteiger partial charge >= 0.3 is 5.69 Å². The monoisotopic (exact) mass is 205 g/mol. The van der Waals surface area contributed by atoms with E-state index in [0.717, 1.165) is 5.69 Å². The molecule has 4 nitrogen and oxygen atoms in total. The summed E-state index contributed by atoms with van der Waals surface area (Å²) in [5, 5.41) is 0. The van der Waals surface area contributed by atoms with E-state index >= 15 is 0 Å². The fourth-order valence-corrected chi connectivity index (χ4v) is 1.15. The lowest BCUT2D eigenvalue weighted by Gasteiger charge is -2.06. The molecule has 0 aliphatic heterocycles. The molecule has 0 atom stereocenters. The first-order chi connectivity index (χ1) is 7.06. The molecule has 4 heteroatoms. The molecule has 0 fully saturated rings. The standard InChI is InChI=1S/C11H15N3O/c1-5-12-9(4)14-7-6-10(8(2)3)13-11(14)15/h5-8H,4H2,1-3H3/b12-5+. The van der Waals surface area contributed by atoms with Crippen LogP contribution >= 0.6 is 0 Å². The quantitative estimate of drug-likeness (QED) is 0.707. The maximum Gasteiger partial charge on any atom is 0.353 e. The van der Waals surface area contributed by atoms with Crippen LogP contribution in [0.1, 0.15) is 32.4 Å². The highest BCUT2D eigenvalue weighted by atomic mass is 16.1. The van der Waals surface area contributed by atoms with Crippen LogP contribution in [0.3, 0.4) is 0 Å². The fraction of sp³-hybridized carbons (Fsp3) is 0.364. The molecule has 0 saturated heterocycles. The van der Waals surface area contributed by atoms with Crippen LogP contribution in [0.15, 0.2) is 28.6 Å². The first kappa shape index (κ1) is 11.4. The van der Waals surface area contributed by atoms with E-state index in [1.54, 1.807) is 19.3 Å². The molecule has 0 aliphatic carbocycles. The third-order valence-electron chi connectivity index (χ3n) is 1.97. The Morgan fingerprint density at radius 1 is 1.67 bits per heavy atom. The van der Waals surface area contributed by atoms with Crippen molar-refractivity contribution < 1.29 is 0 Å². The van der Waals surface area contributed by atoms with Crippen molar-refractivity contribution in [3.63, 3.8) is 0 Å². The van der Waals surface area contributed by atoms with E-state index < -0.39 is 0 Å². The Hall–Kier alpha value is -1.71. The van der Waals surface area contributed by atoms with Gasteiger partial charge in [-0.25, -0.2) is 9.79 Å². The summed E-state index contributed by atoms with van der Waals surface area (Å²) in [5.74, 6) is 0.626. The zero-order valence-electron chi connectivity index (χ0n) is 9.27. The van der Waals surface area contributed by atoms with Gasteiger partial charge < -0.3 is 0 Å². The van der Waals surface area contributed by atoms with Gasteiger partial charge in [-0.05, 0) is 18.9 Å². The second-order valence-corrected chi connectivity index (χ2v) is 3.46.